The number of anilines is 3. The molecule has 0 bridgehead atoms. The number of rotatable bonds is 3. The number of benzene rings is 2. The van der Waals surface area contributed by atoms with E-state index in [9.17, 15) is 14.4 Å². The van der Waals surface area contributed by atoms with Gasteiger partial charge in [-0.2, -0.15) is 0 Å². The van der Waals surface area contributed by atoms with E-state index in [0.29, 0.717) is 29.2 Å². The number of nitrogen functional groups attached to an aromatic ring is 1. The van der Waals surface area contributed by atoms with Crippen molar-refractivity contribution in [2.45, 2.75) is 31.2 Å². The first kappa shape index (κ1) is 19.3. The fraction of sp³-hybridized carbons (Fsp3) is 0.286. The smallest absolute Gasteiger partial charge is 0.338 e. The number of hydrogen-bond acceptors (Lipinski definition) is 5. The quantitative estimate of drug-likeness (QED) is 0.593. The fourth-order valence-electron chi connectivity index (χ4n) is 4.07. The molecule has 1 aliphatic heterocycles. The molecule has 2 aliphatic rings. The van der Waals surface area contributed by atoms with Gasteiger partial charge in [-0.3, -0.25) is 14.5 Å². The molecule has 4 rings (SSSR count). The Balaban J connectivity index is 1.58. The van der Waals surface area contributed by atoms with E-state index >= 15 is 0 Å². The zero-order chi connectivity index (χ0) is 20.6. The van der Waals surface area contributed by atoms with Gasteiger partial charge in [0.05, 0.1) is 27.6 Å². The summed E-state index contributed by atoms with van der Waals surface area (Å²) < 4.78 is 5.23. The van der Waals surface area contributed by atoms with Crippen LogP contribution in [0.3, 0.4) is 0 Å². The Bertz CT molecular complexity index is 1000. The number of fused-ring (bicyclic) bond motifs is 1. The van der Waals surface area contributed by atoms with Crippen molar-refractivity contribution in [3.63, 3.8) is 0 Å². The van der Waals surface area contributed by atoms with Crippen LogP contribution in [0.15, 0.2) is 42.5 Å². The summed E-state index contributed by atoms with van der Waals surface area (Å²) in [6.45, 7) is -0.481. The summed E-state index contributed by atoms with van der Waals surface area (Å²) in [6.07, 6.45) is 2.84. The summed E-state index contributed by atoms with van der Waals surface area (Å²) >= 11 is 5.87. The lowest BCUT2D eigenvalue weighted by Crippen LogP contribution is -2.61. The number of amides is 2. The highest BCUT2D eigenvalue weighted by Gasteiger charge is 2.52. The molecule has 150 valence electrons. The van der Waals surface area contributed by atoms with E-state index in [2.05, 4.69) is 5.32 Å². The van der Waals surface area contributed by atoms with Crippen molar-refractivity contribution in [1.29, 1.82) is 0 Å². The summed E-state index contributed by atoms with van der Waals surface area (Å²) in [5.74, 6) is -1.32. The second-order valence-corrected chi connectivity index (χ2v) is 7.66. The second-order valence-electron chi connectivity index (χ2n) is 7.25. The molecule has 2 aromatic rings. The maximum Gasteiger partial charge on any atom is 0.338 e. The minimum absolute atomic E-state index is 0.196. The predicted molar refractivity (Wildman–Crippen MR) is 110 cm³/mol. The highest BCUT2D eigenvalue weighted by Crippen LogP contribution is 2.45. The molecular weight excluding hydrogens is 394 g/mol. The van der Waals surface area contributed by atoms with Crippen LogP contribution in [0.2, 0.25) is 5.02 Å². The summed E-state index contributed by atoms with van der Waals surface area (Å²) in [5.41, 5.74) is 6.41. The van der Waals surface area contributed by atoms with Gasteiger partial charge < -0.3 is 15.8 Å². The summed E-state index contributed by atoms with van der Waals surface area (Å²) in [7, 11) is 0. The lowest BCUT2D eigenvalue weighted by molar-refractivity contribution is -0.129. The van der Waals surface area contributed by atoms with Gasteiger partial charge in [-0.05, 0) is 43.2 Å². The van der Waals surface area contributed by atoms with E-state index in [1.54, 1.807) is 18.2 Å². The highest BCUT2D eigenvalue weighted by molar-refractivity contribution is 6.33. The molecule has 0 unspecified atom stereocenters. The molecule has 1 saturated carbocycles. The van der Waals surface area contributed by atoms with E-state index in [-0.39, 0.29) is 17.2 Å². The molecule has 0 atom stereocenters. The Labute approximate surface area is 172 Å². The number of carbonyl (C=O) groups is 3. The zero-order valence-electron chi connectivity index (χ0n) is 15.6. The first-order valence-corrected chi connectivity index (χ1v) is 9.76. The zero-order valence-corrected chi connectivity index (χ0v) is 16.4. The molecule has 8 heteroatoms. The highest BCUT2D eigenvalue weighted by atomic mass is 35.5. The molecule has 1 aliphatic carbocycles. The molecule has 0 radical (unpaired) electrons. The number of nitrogens with one attached hydrogen (secondary N) is 1. The second kappa shape index (κ2) is 7.40. The summed E-state index contributed by atoms with van der Waals surface area (Å²) in [6, 6.07) is 11.5. The lowest BCUT2D eigenvalue weighted by atomic mass is 9.90. The number of nitrogens with two attached hydrogens (primary N) is 1. The third kappa shape index (κ3) is 3.31. The van der Waals surface area contributed by atoms with E-state index in [0.717, 1.165) is 12.8 Å². The predicted octanol–water partition coefficient (Wildman–Crippen LogP) is 3.38. The van der Waals surface area contributed by atoms with Crippen LogP contribution in [0.4, 0.5) is 17.1 Å². The maximum absolute atomic E-state index is 13.1. The lowest BCUT2D eigenvalue weighted by Gasteiger charge is -2.44. The average molecular weight is 414 g/mol. The van der Waals surface area contributed by atoms with Crippen LogP contribution in [0.25, 0.3) is 0 Å². The van der Waals surface area contributed by atoms with Gasteiger partial charge in [0.2, 0.25) is 0 Å². The fourth-order valence-corrected chi connectivity index (χ4v) is 4.19. The van der Waals surface area contributed by atoms with Gasteiger partial charge in [-0.15, -0.1) is 0 Å². The van der Waals surface area contributed by atoms with Crippen LogP contribution in [0.1, 0.15) is 36.0 Å². The topological polar surface area (TPSA) is 102 Å². The van der Waals surface area contributed by atoms with Crippen molar-refractivity contribution in [2.24, 2.45) is 0 Å². The van der Waals surface area contributed by atoms with Gasteiger partial charge >= 0.3 is 5.97 Å². The van der Waals surface area contributed by atoms with Crippen molar-refractivity contribution in [2.75, 3.05) is 22.6 Å². The molecular formula is C21H20ClN3O4. The number of para-hydroxylation sites is 2. The third-order valence-electron chi connectivity index (χ3n) is 5.48. The van der Waals surface area contributed by atoms with Gasteiger partial charge in [-0.1, -0.05) is 36.6 Å². The number of carbonyl (C=O) groups excluding carboxylic acids is 3. The monoisotopic (exact) mass is 413 g/mol. The molecule has 3 N–H and O–H groups in total. The van der Waals surface area contributed by atoms with Crippen LogP contribution < -0.4 is 16.0 Å². The van der Waals surface area contributed by atoms with Gasteiger partial charge in [0.25, 0.3) is 11.8 Å². The van der Waals surface area contributed by atoms with Crippen LogP contribution in [0.5, 0.6) is 0 Å². The van der Waals surface area contributed by atoms with Gasteiger partial charge in [0, 0.05) is 0 Å². The van der Waals surface area contributed by atoms with Gasteiger partial charge in [0.1, 0.15) is 5.54 Å². The molecule has 7 nitrogen and oxygen atoms in total. The number of ether oxygens (including phenoxy) is 1. The molecule has 0 saturated heterocycles. The SMILES string of the molecule is Nc1cc(C(=O)OCC(=O)N2c3ccccc3NC(=O)C23CCCC3)ccc1Cl. The standard InChI is InChI=1S/C21H20ClN3O4/c22-14-8-7-13(11-15(14)23)19(27)29-12-18(26)25-17-6-2-1-5-16(17)24-20(28)21(25)9-3-4-10-21/h1-2,5-8,11H,3-4,9-10,12,23H2,(H,24,28). The van der Waals surface area contributed by atoms with Crippen molar-refractivity contribution in [3.8, 4) is 0 Å². The van der Waals surface area contributed by atoms with E-state index in [1.807, 2.05) is 6.07 Å². The molecule has 2 amide bonds. The van der Waals surface area contributed by atoms with E-state index in [1.165, 1.54) is 23.1 Å². The van der Waals surface area contributed by atoms with Crippen LogP contribution in [-0.4, -0.2) is 29.9 Å². The van der Waals surface area contributed by atoms with Crippen molar-refractivity contribution in [1.82, 2.24) is 0 Å². The average Bonchev–Trinajstić information content (AvgIpc) is 3.19. The Morgan fingerprint density at radius 1 is 1.17 bits per heavy atom. The normalized spacial score (nSPS) is 17.0. The minimum atomic E-state index is -0.942. The Morgan fingerprint density at radius 2 is 1.90 bits per heavy atom. The van der Waals surface area contributed by atoms with Crippen LogP contribution in [-0.2, 0) is 14.3 Å². The van der Waals surface area contributed by atoms with Gasteiger partial charge in [0.15, 0.2) is 6.61 Å². The molecule has 1 heterocycles. The van der Waals surface area contributed by atoms with E-state index < -0.39 is 24.0 Å². The van der Waals surface area contributed by atoms with Crippen molar-refractivity contribution in [3.05, 3.63) is 53.1 Å². The third-order valence-corrected chi connectivity index (χ3v) is 5.83. The molecule has 29 heavy (non-hydrogen) atoms. The summed E-state index contributed by atoms with van der Waals surface area (Å²) in [5, 5.41) is 3.24. The Morgan fingerprint density at radius 3 is 2.62 bits per heavy atom. The first-order valence-electron chi connectivity index (χ1n) is 9.38. The minimum Gasteiger partial charge on any atom is -0.452 e. The summed E-state index contributed by atoms with van der Waals surface area (Å²) in [4.78, 5) is 39.9. The maximum atomic E-state index is 13.1. The largest absolute Gasteiger partial charge is 0.452 e. The first-order chi connectivity index (χ1) is 13.9. The Kier molecular flexibility index (Phi) is 4.92. The van der Waals surface area contributed by atoms with Crippen molar-refractivity contribution < 1.29 is 19.1 Å². The number of hydrogen-bond donors (Lipinski definition) is 2. The Hall–Kier alpha value is -3.06. The number of esters is 1. The molecule has 2 aromatic carbocycles. The van der Waals surface area contributed by atoms with E-state index in [4.69, 9.17) is 22.1 Å². The number of halogens is 1. The molecule has 1 fully saturated rings. The molecule has 0 aromatic heterocycles. The molecule has 1 spiro atoms. The van der Waals surface area contributed by atoms with Crippen LogP contribution in [0, 0.1) is 0 Å². The number of nitrogens with zero attached hydrogens (tertiary/aromatic N) is 1. The van der Waals surface area contributed by atoms with Crippen molar-refractivity contribution >= 4 is 46.4 Å². The van der Waals surface area contributed by atoms with Gasteiger partial charge in [-0.25, -0.2) is 4.79 Å². The van der Waals surface area contributed by atoms with Crippen LogP contribution >= 0.6 is 11.6 Å².